The fourth-order valence-electron chi connectivity index (χ4n) is 1.44. The van der Waals surface area contributed by atoms with Crippen LogP contribution in [0.3, 0.4) is 0 Å². The molecule has 0 radical (unpaired) electrons. The second-order valence-corrected chi connectivity index (χ2v) is 13.1. The van der Waals surface area contributed by atoms with E-state index in [1.807, 2.05) is 0 Å². The first-order valence-corrected chi connectivity index (χ1v) is 11.9. The van der Waals surface area contributed by atoms with Crippen molar-refractivity contribution in [3.63, 3.8) is 0 Å². The third-order valence-corrected chi connectivity index (χ3v) is 7.67. The molecule has 0 N–H and O–H groups in total. The number of alkyl halides is 6. The topological polar surface area (TPSA) is 30.8 Å². The third-order valence-electron chi connectivity index (χ3n) is 2.11. The Bertz CT molecular complexity index is 370. The van der Waals surface area contributed by atoms with Crippen LogP contribution in [0.1, 0.15) is 19.8 Å². The van der Waals surface area contributed by atoms with Crippen molar-refractivity contribution in [2.45, 2.75) is 51.8 Å². The number of hydrogen-bond acceptors (Lipinski definition) is 3. The molecule has 0 atom stereocenters. The molecule has 0 heterocycles. The summed E-state index contributed by atoms with van der Waals surface area (Å²) in [5, 5.41) is 0. The Morgan fingerprint density at radius 2 is 1.32 bits per heavy atom. The lowest BCUT2D eigenvalue weighted by Gasteiger charge is -2.29. The van der Waals surface area contributed by atoms with Crippen LogP contribution in [0.2, 0.25) is 19.6 Å². The van der Waals surface area contributed by atoms with Crippen molar-refractivity contribution < 1.29 is 35.4 Å². The molecule has 22 heavy (non-hydrogen) atoms. The first-order valence-electron chi connectivity index (χ1n) is 6.73. The Morgan fingerprint density at radius 3 is 1.59 bits per heavy atom. The smallest absolute Gasteiger partial charge is 0.315 e. The maximum atomic E-state index is 12.4. The molecule has 0 aromatic rings. The van der Waals surface area contributed by atoms with Gasteiger partial charge in [-0.05, 0) is 26.1 Å². The molecule has 0 aromatic carbocycles. The van der Waals surface area contributed by atoms with Crippen molar-refractivity contribution in [2.75, 3.05) is 19.4 Å². The van der Waals surface area contributed by atoms with Gasteiger partial charge in [0.15, 0.2) is 21.4 Å². The second-order valence-electron chi connectivity index (χ2n) is 5.76. The van der Waals surface area contributed by atoms with E-state index in [9.17, 15) is 26.3 Å². The molecule has 0 aliphatic heterocycles. The zero-order chi connectivity index (χ0) is 17.7. The highest BCUT2D eigenvalue weighted by Crippen LogP contribution is 2.55. The first-order chi connectivity index (χ1) is 9.68. The van der Waals surface area contributed by atoms with E-state index < -0.39 is 41.3 Å². The molecule has 0 bridgehead atoms. The Kier molecular flexibility index (Phi) is 8.15. The van der Waals surface area contributed by atoms with Gasteiger partial charge < -0.3 is 9.05 Å². The van der Waals surface area contributed by atoms with Crippen molar-refractivity contribution in [3.05, 3.63) is 0 Å². The van der Waals surface area contributed by atoms with Gasteiger partial charge >= 0.3 is 12.4 Å². The standard InChI is InChI=1S/C11H22F6NO2PSi/c1-5-6-7-21(18-22(2,3)4,19-8-10(12,13)14)20-9-11(15,16)17/h5-9H2,1-4H3. The molecule has 0 unspecified atom stereocenters. The summed E-state index contributed by atoms with van der Waals surface area (Å²) in [5.74, 6) is 0. The van der Waals surface area contributed by atoms with E-state index in [0.717, 1.165) is 0 Å². The minimum atomic E-state index is -4.64. The fraction of sp³-hybridized carbons (Fsp3) is 1.00. The average molecular weight is 373 g/mol. The summed E-state index contributed by atoms with van der Waals surface area (Å²) in [6.45, 7) is 3.59. The van der Waals surface area contributed by atoms with Gasteiger partial charge in [-0.25, -0.2) is 0 Å². The molecular weight excluding hydrogens is 351 g/mol. The van der Waals surface area contributed by atoms with Crippen molar-refractivity contribution in [3.8, 4) is 0 Å². The van der Waals surface area contributed by atoms with Crippen LogP contribution in [0.15, 0.2) is 4.41 Å². The van der Waals surface area contributed by atoms with Gasteiger partial charge in [0.1, 0.15) is 0 Å². The molecular formula is C11H22F6NO2PSi. The summed E-state index contributed by atoms with van der Waals surface area (Å²) < 4.78 is 88.2. The molecule has 0 rings (SSSR count). The van der Waals surface area contributed by atoms with Crippen molar-refractivity contribution in [2.24, 2.45) is 4.41 Å². The molecule has 3 nitrogen and oxygen atoms in total. The van der Waals surface area contributed by atoms with E-state index in [4.69, 9.17) is 9.05 Å². The van der Waals surface area contributed by atoms with Gasteiger partial charge in [0.25, 0.3) is 0 Å². The highest BCUT2D eigenvalue weighted by Gasteiger charge is 2.37. The predicted octanol–water partition coefficient (Wildman–Crippen LogP) is 5.81. The molecule has 134 valence electrons. The summed E-state index contributed by atoms with van der Waals surface area (Å²) in [7, 11) is -5.93. The second kappa shape index (κ2) is 8.17. The quantitative estimate of drug-likeness (QED) is 0.305. The lowest BCUT2D eigenvalue weighted by molar-refractivity contribution is -0.163. The fourth-order valence-corrected chi connectivity index (χ4v) is 7.70. The highest BCUT2D eigenvalue weighted by atomic mass is 31.2. The van der Waals surface area contributed by atoms with Crippen LogP contribution < -0.4 is 0 Å². The van der Waals surface area contributed by atoms with E-state index in [1.165, 1.54) is 0 Å². The van der Waals surface area contributed by atoms with Gasteiger partial charge in [-0.1, -0.05) is 13.3 Å². The Labute approximate surface area is 127 Å². The van der Waals surface area contributed by atoms with Crippen molar-refractivity contribution >= 4 is 15.7 Å². The average Bonchev–Trinajstić information content (AvgIpc) is 2.27. The van der Waals surface area contributed by atoms with Gasteiger partial charge in [-0.15, -0.1) is 0 Å². The number of halogens is 6. The van der Waals surface area contributed by atoms with E-state index in [2.05, 4.69) is 4.41 Å². The van der Waals surface area contributed by atoms with Crippen LogP contribution in [0.25, 0.3) is 0 Å². The number of hydrogen-bond donors (Lipinski definition) is 0. The SMILES string of the molecule is CCCCP(=N[Si](C)(C)C)(OCC(F)(F)F)OCC(F)(F)F. The molecule has 0 spiro atoms. The van der Waals surface area contributed by atoms with Crippen LogP contribution in [0, 0.1) is 0 Å². The van der Waals surface area contributed by atoms with Gasteiger partial charge in [-0.3, -0.25) is 4.41 Å². The van der Waals surface area contributed by atoms with Gasteiger partial charge in [0.05, 0.1) is 0 Å². The lowest BCUT2D eigenvalue weighted by Crippen LogP contribution is -2.24. The summed E-state index contributed by atoms with van der Waals surface area (Å²) >= 11 is 0. The molecule has 11 heteroatoms. The van der Waals surface area contributed by atoms with Gasteiger partial charge in [0.2, 0.25) is 7.51 Å². The third kappa shape index (κ3) is 11.5. The summed E-state index contributed by atoms with van der Waals surface area (Å²) in [6, 6.07) is 0. The Hall–Kier alpha value is -0.0531. The minimum absolute atomic E-state index is 0.0417. The van der Waals surface area contributed by atoms with Gasteiger partial charge in [-0.2, -0.15) is 26.3 Å². The summed E-state index contributed by atoms with van der Waals surface area (Å²) in [5.41, 5.74) is 0. The van der Waals surface area contributed by atoms with E-state index in [1.54, 1.807) is 26.6 Å². The number of rotatable bonds is 8. The Morgan fingerprint density at radius 1 is 0.909 bits per heavy atom. The molecule has 0 aliphatic rings. The highest BCUT2D eigenvalue weighted by molar-refractivity contribution is 7.57. The van der Waals surface area contributed by atoms with Gasteiger partial charge in [0, 0.05) is 6.16 Å². The first kappa shape index (κ1) is 21.9. The predicted molar refractivity (Wildman–Crippen MR) is 76.5 cm³/mol. The minimum Gasteiger partial charge on any atom is -0.315 e. The molecule has 0 aromatic heterocycles. The monoisotopic (exact) mass is 373 g/mol. The van der Waals surface area contributed by atoms with Crippen LogP contribution in [-0.4, -0.2) is 40.0 Å². The molecule has 0 saturated heterocycles. The summed E-state index contributed by atoms with van der Waals surface area (Å²) in [4.78, 5) is 0. The Balaban J connectivity index is 5.46. The molecule has 0 aliphatic carbocycles. The molecule has 0 amide bonds. The van der Waals surface area contributed by atoms with Crippen LogP contribution in [0.5, 0.6) is 0 Å². The zero-order valence-electron chi connectivity index (χ0n) is 13.0. The number of unbranched alkanes of at least 4 members (excludes halogenated alkanes) is 1. The lowest BCUT2D eigenvalue weighted by atomic mass is 10.4. The largest absolute Gasteiger partial charge is 0.412 e. The van der Waals surface area contributed by atoms with E-state index in [0.29, 0.717) is 12.8 Å². The summed E-state index contributed by atoms with van der Waals surface area (Å²) in [6.07, 6.45) is -8.35. The van der Waals surface area contributed by atoms with Crippen molar-refractivity contribution in [1.82, 2.24) is 0 Å². The maximum Gasteiger partial charge on any atom is 0.412 e. The van der Waals surface area contributed by atoms with Crippen molar-refractivity contribution in [1.29, 1.82) is 0 Å². The van der Waals surface area contributed by atoms with Crippen LogP contribution >= 0.6 is 7.51 Å². The maximum absolute atomic E-state index is 12.4. The number of nitrogens with zero attached hydrogens (tertiary/aromatic N) is 1. The van der Waals surface area contributed by atoms with E-state index >= 15 is 0 Å². The molecule has 0 saturated carbocycles. The van der Waals surface area contributed by atoms with Crippen LogP contribution in [-0.2, 0) is 9.05 Å². The normalized spacial score (nSPS) is 14.3. The van der Waals surface area contributed by atoms with Crippen LogP contribution in [0.4, 0.5) is 26.3 Å². The van der Waals surface area contributed by atoms with E-state index in [-0.39, 0.29) is 6.16 Å². The zero-order valence-corrected chi connectivity index (χ0v) is 14.9. The molecule has 0 fully saturated rings.